The number of aromatic nitrogens is 1. The van der Waals surface area contributed by atoms with E-state index in [1.165, 1.54) is 0 Å². The van der Waals surface area contributed by atoms with Crippen LogP contribution in [-0.4, -0.2) is 16.9 Å². The number of amides is 1. The molecule has 0 aliphatic heterocycles. The molecular weight excluding hydrogens is 282 g/mol. The number of aryl methyl sites for hydroxylation is 1. The molecule has 0 saturated carbocycles. The lowest BCUT2D eigenvalue weighted by atomic mass is 10.0. The molecule has 118 valence electrons. The molecule has 6 heteroatoms. The van der Waals surface area contributed by atoms with Crippen molar-refractivity contribution in [1.29, 1.82) is 0 Å². The van der Waals surface area contributed by atoms with Crippen molar-refractivity contribution in [2.45, 2.75) is 40.2 Å². The molecule has 3 N–H and O–H groups in total. The van der Waals surface area contributed by atoms with Gasteiger partial charge in [0.05, 0.1) is 11.8 Å². The van der Waals surface area contributed by atoms with Gasteiger partial charge in [-0.25, -0.2) is 4.79 Å². The minimum atomic E-state index is -0.552. The maximum atomic E-state index is 12.0. The van der Waals surface area contributed by atoms with Crippen LogP contribution in [0.2, 0.25) is 0 Å². The molecule has 0 aliphatic rings. The molecule has 0 unspecified atom stereocenters. The summed E-state index contributed by atoms with van der Waals surface area (Å²) in [7, 11) is 0. The summed E-state index contributed by atoms with van der Waals surface area (Å²) in [6.07, 6.45) is 1.06. The van der Waals surface area contributed by atoms with Crippen molar-refractivity contribution in [3.05, 3.63) is 29.5 Å². The maximum absolute atomic E-state index is 12.0. The van der Waals surface area contributed by atoms with E-state index in [-0.39, 0.29) is 5.88 Å². The average molecular weight is 303 g/mol. The van der Waals surface area contributed by atoms with E-state index in [4.69, 9.17) is 15.0 Å². The fourth-order valence-corrected chi connectivity index (χ4v) is 2.02. The number of nitrogens with zero attached hydrogens (tertiary/aromatic N) is 1. The zero-order valence-electron chi connectivity index (χ0n) is 13.5. The summed E-state index contributed by atoms with van der Waals surface area (Å²) in [6, 6.07) is 3.80. The Morgan fingerprint density at radius 2 is 2.00 bits per heavy atom. The Morgan fingerprint density at radius 1 is 1.32 bits per heavy atom. The molecule has 0 atom stereocenters. The largest absolute Gasteiger partial charge is 0.444 e. The highest BCUT2D eigenvalue weighted by molar-refractivity contribution is 5.88. The van der Waals surface area contributed by atoms with Gasteiger partial charge >= 0.3 is 6.09 Å². The third-order valence-corrected chi connectivity index (χ3v) is 3.21. The van der Waals surface area contributed by atoms with Gasteiger partial charge in [0.1, 0.15) is 5.60 Å². The Hall–Kier alpha value is -2.50. The smallest absolute Gasteiger partial charge is 0.412 e. The zero-order chi connectivity index (χ0) is 16.5. The minimum Gasteiger partial charge on any atom is -0.444 e. The van der Waals surface area contributed by atoms with Crippen molar-refractivity contribution in [2.24, 2.45) is 0 Å². The van der Waals surface area contributed by atoms with E-state index in [0.717, 1.165) is 16.7 Å². The Kier molecular flexibility index (Phi) is 4.12. The van der Waals surface area contributed by atoms with E-state index >= 15 is 0 Å². The Bertz CT molecular complexity index is 699. The third kappa shape index (κ3) is 3.58. The number of nitrogens with one attached hydrogen (secondary N) is 1. The summed E-state index contributed by atoms with van der Waals surface area (Å²) in [4.78, 5) is 12.0. The van der Waals surface area contributed by atoms with E-state index in [9.17, 15) is 4.79 Å². The first-order valence-corrected chi connectivity index (χ1v) is 6.99. The molecule has 1 amide bonds. The predicted octanol–water partition coefficient (Wildman–Crippen LogP) is 3.89. The van der Waals surface area contributed by atoms with Crippen molar-refractivity contribution in [3.63, 3.8) is 0 Å². The van der Waals surface area contributed by atoms with Gasteiger partial charge in [-0.2, -0.15) is 0 Å². The summed E-state index contributed by atoms with van der Waals surface area (Å²) < 4.78 is 10.2. The Balaban J connectivity index is 2.34. The second-order valence-corrected chi connectivity index (χ2v) is 6.20. The van der Waals surface area contributed by atoms with Gasteiger partial charge in [-0.3, -0.25) is 5.32 Å². The number of carbonyl (C=O) groups is 1. The molecule has 1 aromatic carbocycles. The highest BCUT2D eigenvalue weighted by Gasteiger charge is 2.18. The number of carbonyl (C=O) groups excluding carboxylic acids is 1. The van der Waals surface area contributed by atoms with Gasteiger partial charge in [0.15, 0.2) is 0 Å². The SMILES string of the molecule is Cc1cc(-c2cnoc2N)cc(NC(=O)OC(C)(C)C)c1C. The lowest BCUT2D eigenvalue weighted by molar-refractivity contribution is 0.0636. The maximum Gasteiger partial charge on any atom is 0.412 e. The zero-order valence-corrected chi connectivity index (χ0v) is 13.5. The molecule has 0 spiro atoms. The summed E-state index contributed by atoms with van der Waals surface area (Å²) in [5.74, 6) is 0.242. The first-order chi connectivity index (χ1) is 10.2. The lowest BCUT2D eigenvalue weighted by Crippen LogP contribution is -2.27. The number of rotatable bonds is 2. The van der Waals surface area contributed by atoms with Crippen molar-refractivity contribution >= 4 is 17.7 Å². The molecule has 1 heterocycles. The van der Waals surface area contributed by atoms with Gasteiger partial charge in [0.2, 0.25) is 5.88 Å². The first-order valence-electron chi connectivity index (χ1n) is 6.99. The molecule has 0 fully saturated rings. The van der Waals surface area contributed by atoms with Gasteiger partial charge in [-0.05, 0) is 57.4 Å². The van der Waals surface area contributed by atoms with Crippen LogP contribution in [0.1, 0.15) is 31.9 Å². The van der Waals surface area contributed by atoms with Gasteiger partial charge in [-0.1, -0.05) is 11.2 Å². The highest BCUT2D eigenvalue weighted by atomic mass is 16.6. The van der Waals surface area contributed by atoms with E-state index in [2.05, 4.69) is 10.5 Å². The first kappa shape index (κ1) is 15.9. The Labute approximate surface area is 129 Å². The molecule has 0 radical (unpaired) electrons. The molecule has 22 heavy (non-hydrogen) atoms. The van der Waals surface area contributed by atoms with Gasteiger partial charge in [-0.15, -0.1) is 0 Å². The molecular formula is C16H21N3O3. The van der Waals surface area contributed by atoms with Gasteiger partial charge < -0.3 is 15.0 Å². The van der Waals surface area contributed by atoms with Crippen molar-refractivity contribution < 1.29 is 14.1 Å². The lowest BCUT2D eigenvalue weighted by Gasteiger charge is -2.20. The summed E-state index contributed by atoms with van der Waals surface area (Å²) in [6.45, 7) is 9.35. The minimum absolute atomic E-state index is 0.242. The standard InChI is InChI=1S/C16H21N3O3/c1-9-6-11(12-8-18-22-14(12)17)7-13(10(9)2)19-15(20)21-16(3,4)5/h6-8H,17H2,1-5H3,(H,19,20). The number of nitrogen functional groups attached to an aromatic ring is 1. The quantitative estimate of drug-likeness (QED) is 0.878. The van der Waals surface area contributed by atoms with E-state index < -0.39 is 11.7 Å². The number of hydrogen-bond acceptors (Lipinski definition) is 5. The molecule has 0 saturated heterocycles. The average Bonchev–Trinajstić information content (AvgIpc) is 2.78. The number of hydrogen-bond donors (Lipinski definition) is 2. The molecule has 2 rings (SSSR count). The van der Waals surface area contributed by atoms with Crippen LogP contribution in [0.5, 0.6) is 0 Å². The normalized spacial score (nSPS) is 11.3. The van der Waals surface area contributed by atoms with Crippen molar-refractivity contribution in [1.82, 2.24) is 5.16 Å². The fourth-order valence-electron chi connectivity index (χ4n) is 2.02. The van der Waals surface area contributed by atoms with Crippen molar-refractivity contribution in [2.75, 3.05) is 11.1 Å². The monoisotopic (exact) mass is 303 g/mol. The number of benzene rings is 1. The Morgan fingerprint density at radius 3 is 2.55 bits per heavy atom. The predicted molar refractivity (Wildman–Crippen MR) is 85.7 cm³/mol. The number of ether oxygens (including phenoxy) is 1. The van der Waals surface area contributed by atoms with Crippen LogP contribution in [0.25, 0.3) is 11.1 Å². The van der Waals surface area contributed by atoms with Gasteiger partial charge in [0.25, 0.3) is 0 Å². The molecule has 2 aromatic rings. The third-order valence-electron chi connectivity index (χ3n) is 3.21. The van der Waals surface area contributed by atoms with Gasteiger partial charge in [0, 0.05) is 5.69 Å². The second kappa shape index (κ2) is 5.71. The van der Waals surface area contributed by atoms with E-state index in [0.29, 0.717) is 11.3 Å². The molecule has 6 nitrogen and oxygen atoms in total. The second-order valence-electron chi connectivity index (χ2n) is 6.20. The fraction of sp³-hybridized carbons (Fsp3) is 0.375. The summed E-state index contributed by atoms with van der Waals surface area (Å²) in [5, 5.41) is 6.45. The van der Waals surface area contributed by atoms with Crippen LogP contribution in [-0.2, 0) is 4.74 Å². The highest BCUT2D eigenvalue weighted by Crippen LogP contribution is 2.31. The van der Waals surface area contributed by atoms with Crippen LogP contribution >= 0.6 is 0 Å². The molecule has 1 aromatic heterocycles. The topological polar surface area (TPSA) is 90.4 Å². The summed E-state index contributed by atoms with van der Waals surface area (Å²) in [5.41, 5.74) is 9.37. The van der Waals surface area contributed by atoms with Crippen LogP contribution in [0.15, 0.2) is 22.9 Å². The van der Waals surface area contributed by atoms with Crippen LogP contribution in [0, 0.1) is 13.8 Å². The number of anilines is 2. The summed E-state index contributed by atoms with van der Waals surface area (Å²) >= 11 is 0. The van der Waals surface area contributed by atoms with Crippen LogP contribution in [0.4, 0.5) is 16.4 Å². The van der Waals surface area contributed by atoms with Crippen LogP contribution < -0.4 is 11.1 Å². The van der Waals surface area contributed by atoms with E-state index in [1.54, 1.807) is 6.20 Å². The van der Waals surface area contributed by atoms with Crippen LogP contribution in [0.3, 0.4) is 0 Å². The van der Waals surface area contributed by atoms with E-state index in [1.807, 2.05) is 46.8 Å². The van der Waals surface area contributed by atoms with Crippen molar-refractivity contribution in [3.8, 4) is 11.1 Å². The number of nitrogens with two attached hydrogens (primary N) is 1. The molecule has 0 bridgehead atoms. The molecule has 0 aliphatic carbocycles.